The van der Waals surface area contributed by atoms with Crippen LogP contribution in [0, 0.1) is 18.8 Å². The third kappa shape index (κ3) is 6.09. The lowest BCUT2D eigenvalue weighted by Gasteiger charge is -2.37. The fraction of sp³-hybridized carbons (Fsp3) is 0.696. The number of benzene rings is 1. The van der Waals surface area contributed by atoms with Crippen LogP contribution in [0.25, 0.3) is 0 Å². The van der Waals surface area contributed by atoms with Crippen LogP contribution in [0.1, 0.15) is 44.6 Å². The van der Waals surface area contributed by atoms with E-state index in [9.17, 15) is 4.79 Å². The van der Waals surface area contributed by atoms with Gasteiger partial charge in [-0.3, -0.25) is 9.69 Å². The highest BCUT2D eigenvalue weighted by molar-refractivity contribution is 6.31. The first-order chi connectivity index (χ1) is 14.0. The Labute approximate surface area is 180 Å². The Hall–Kier alpha value is -1.30. The minimum absolute atomic E-state index is 0.300. The van der Waals surface area contributed by atoms with E-state index in [1.165, 1.54) is 31.5 Å². The molecule has 0 aromatic heterocycles. The topological polar surface area (TPSA) is 58.8 Å². The summed E-state index contributed by atoms with van der Waals surface area (Å²) in [5.74, 6) is 0.756. The van der Waals surface area contributed by atoms with Crippen LogP contribution in [0.15, 0.2) is 18.2 Å². The van der Waals surface area contributed by atoms with Crippen LogP contribution in [-0.2, 0) is 9.53 Å². The van der Waals surface area contributed by atoms with Crippen LogP contribution in [0.5, 0.6) is 0 Å². The number of rotatable bonds is 8. The van der Waals surface area contributed by atoms with Crippen LogP contribution in [0.2, 0.25) is 5.02 Å². The van der Waals surface area contributed by atoms with Crippen molar-refractivity contribution < 1.29 is 9.53 Å². The summed E-state index contributed by atoms with van der Waals surface area (Å²) < 4.78 is 5.60. The van der Waals surface area contributed by atoms with Crippen molar-refractivity contribution in [3.63, 3.8) is 0 Å². The van der Waals surface area contributed by atoms with Crippen LogP contribution in [-0.4, -0.2) is 56.2 Å². The summed E-state index contributed by atoms with van der Waals surface area (Å²) in [6.07, 6.45) is 5.33. The van der Waals surface area contributed by atoms with Crippen molar-refractivity contribution in [1.82, 2.24) is 4.90 Å². The van der Waals surface area contributed by atoms with Gasteiger partial charge in [-0.15, -0.1) is 0 Å². The minimum atomic E-state index is -0.399. The number of piperazine rings is 1. The average molecular weight is 422 g/mol. The molecular weight excluding hydrogens is 386 g/mol. The quantitative estimate of drug-likeness (QED) is 0.692. The molecule has 1 saturated heterocycles. The standard InChI is InChI=1S/C23H36ClN3O2/c1-3-29-22(23(25)28)19-7-5-18(6-8-19)10-11-26-12-14-27(15-13-26)20-9-4-17(2)21(24)16-20/h4,9,16,18-19,22H,3,5-8,10-15H2,1-2H3,(H2,25,28). The number of hydrogen-bond acceptors (Lipinski definition) is 4. The van der Waals surface area contributed by atoms with E-state index >= 15 is 0 Å². The van der Waals surface area contributed by atoms with Gasteiger partial charge >= 0.3 is 0 Å². The van der Waals surface area contributed by atoms with Crippen molar-refractivity contribution in [2.45, 2.75) is 52.1 Å². The number of halogens is 1. The maximum atomic E-state index is 11.6. The molecule has 1 amide bonds. The second-order valence-corrected chi connectivity index (χ2v) is 9.02. The van der Waals surface area contributed by atoms with Crippen molar-refractivity contribution in [3.05, 3.63) is 28.8 Å². The van der Waals surface area contributed by atoms with Gasteiger partial charge in [-0.25, -0.2) is 0 Å². The zero-order valence-corrected chi connectivity index (χ0v) is 18.7. The van der Waals surface area contributed by atoms with E-state index in [1.54, 1.807) is 0 Å². The Morgan fingerprint density at radius 1 is 1.21 bits per heavy atom. The third-order valence-corrected chi connectivity index (χ3v) is 7.10. The molecule has 2 aliphatic rings. The molecule has 162 valence electrons. The average Bonchev–Trinajstić information content (AvgIpc) is 2.73. The molecule has 3 rings (SSSR count). The van der Waals surface area contributed by atoms with Gasteiger partial charge in [-0.05, 0) is 69.2 Å². The van der Waals surface area contributed by atoms with E-state index < -0.39 is 6.10 Å². The first kappa shape index (κ1) is 22.4. The number of nitrogens with zero attached hydrogens (tertiary/aromatic N) is 2. The van der Waals surface area contributed by atoms with Gasteiger partial charge in [0, 0.05) is 43.5 Å². The van der Waals surface area contributed by atoms with Crippen LogP contribution >= 0.6 is 11.6 Å². The van der Waals surface area contributed by atoms with Gasteiger partial charge in [0.25, 0.3) is 0 Å². The van der Waals surface area contributed by atoms with E-state index in [1.807, 2.05) is 13.8 Å². The monoisotopic (exact) mass is 421 g/mol. The summed E-state index contributed by atoms with van der Waals surface area (Å²) in [7, 11) is 0. The summed E-state index contributed by atoms with van der Waals surface area (Å²) in [5.41, 5.74) is 7.90. The Morgan fingerprint density at radius 2 is 1.90 bits per heavy atom. The largest absolute Gasteiger partial charge is 0.369 e. The second-order valence-electron chi connectivity index (χ2n) is 8.61. The molecule has 29 heavy (non-hydrogen) atoms. The molecular formula is C23H36ClN3O2. The molecule has 0 radical (unpaired) electrons. The molecule has 1 unspecified atom stereocenters. The number of carbonyl (C=O) groups is 1. The smallest absolute Gasteiger partial charge is 0.246 e. The predicted molar refractivity (Wildman–Crippen MR) is 120 cm³/mol. The molecule has 1 saturated carbocycles. The van der Waals surface area contributed by atoms with E-state index in [4.69, 9.17) is 22.1 Å². The highest BCUT2D eigenvalue weighted by atomic mass is 35.5. The maximum absolute atomic E-state index is 11.6. The van der Waals surface area contributed by atoms with Crippen molar-refractivity contribution in [2.75, 3.05) is 44.2 Å². The van der Waals surface area contributed by atoms with E-state index in [0.717, 1.165) is 55.5 Å². The van der Waals surface area contributed by atoms with E-state index in [0.29, 0.717) is 12.5 Å². The first-order valence-electron chi connectivity index (χ1n) is 11.1. The molecule has 1 aliphatic carbocycles. The highest BCUT2D eigenvalue weighted by Crippen LogP contribution is 2.34. The van der Waals surface area contributed by atoms with Gasteiger partial charge in [0.15, 0.2) is 0 Å². The van der Waals surface area contributed by atoms with Gasteiger partial charge in [0.2, 0.25) is 5.91 Å². The molecule has 0 spiro atoms. The molecule has 2 fully saturated rings. The lowest BCUT2D eigenvalue weighted by atomic mass is 9.78. The Balaban J connectivity index is 1.38. The van der Waals surface area contributed by atoms with Gasteiger partial charge in [0.05, 0.1) is 0 Å². The SMILES string of the molecule is CCOC(C(N)=O)C1CCC(CCN2CCN(c3ccc(C)c(Cl)c3)CC2)CC1. The molecule has 1 aliphatic heterocycles. The van der Waals surface area contributed by atoms with Gasteiger partial charge in [-0.2, -0.15) is 0 Å². The van der Waals surface area contributed by atoms with Gasteiger partial charge in [-0.1, -0.05) is 30.5 Å². The van der Waals surface area contributed by atoms with E-state index in [-0.39, 0.29) is 5.91 Å². The summed E-state index contributed by atoms with van der Waals surface area (Å²) in [5, 5.41) is 0.850. The molecule has 1 atom stereocenters. The maximum Gasteiger partial charge on any atom is 0.246 e. The minimum Gasteiger partial charge on any atom is -0.369 e. The van der Waals surface area contributed by atoms with Crippen molar-refractivity contribution >= 4 is 23.2 Å². The fourth-order valence-electron chi connectivity index (χ4n) is 4.78. The number of aryl methyl sites for hydroxylation is 1. The molecule has 1 heterocycles. The predicted octanol–water partition coefficient (Wildman–Crippen LogP) is 3.86. The summed E-state index contributed by atoms with van der Waals surface area (Å²) in [4.78, 5) is 16.7. The molecule has 1 aromatic carbocycles. The number of ether oxygens (including phenoxy) is 1. The summed E-state index contributed by atoms with van der Waals surface area (Å²) >= 11 is 6.29. The van der Waals surface area contributed by atoms with E-state index in [2.05, 4.69) is 28.0 Å². The molecule has 6 heteroatoms. The van der Waals surface area contributed by atoms with Crippen LogP contribution < -0.4 is 10.6 Å². The Morgan fingerprint density at radius 3 is 2.48 bits per heavy atom. The van der Waals surface area contributed by atoms with Crippen molar-refractivity contribution in [3.8, 4) is 0 Å². The number of hydrogen-bond donors (Lipinski definition) is 1. The lowest BCUT2D eigenvalue weighted by molar-refractivity contribution is -0.134. The van der Waals surface area contributed by atoms with Gasteiger partial charge < -0.3 is 15.4 Å². The van der Waals surface area contributed by atoms with Crippen LogP contribution in [0.3, 0.4) is 0 Å². The summed E-state index contributed by atoms with van der Waals surface area (Å²) in [6, 6.07) is 6.37. The number of amides is 1. The summed E-state index contributed by atoms with van der Waals surface area (Å²) in [6.45, 7) is 10.0. The molecule has 0 bridgehead atoms. The highest BCUT2D eigenvalue weighted by Gasteiger charge is 2.31. The molecule has 1 aromatic rings. The number of anilines is 1. The second kappa shape index (κ2) is 10.6. The zero-order valence-electron chi connectivity index (χ0n) is 17.9. The third-order valence-electron chi connectivity index (χ3n) is 6.69. The lowest BCUT2D eigenvalue weighted by Crippen LogP contribution is -2.47. The zero-order chi connectivity index (χ0) is 20.8. The Bertz CT molecular complexity index is 668. The van der Waals surface area contributed by atoms with Crippen molar-refractivity contribution in [1.29, 1.82) is 0 Å². The van der Waals surface area contributed by atoms with Crippen molar-refractivity contribution in [2.24, 2.45) is 17.6 Å². The number of nitrogens with two attached hydrogens (primary N) is 1. The normalized spacial score (nSPS) is 24.4. The van der Waals surface area contributed by atoms with Gasteiger partial charge in [0.1, 0.15) is 6.10 Å². The number of carbonyl (C=O) groups excluding carboxylic acids is 1. The fourth-order valence-corrected chi connectivity index (χ4v) is 4.96. The molecule has 2 N–H and O–H groups in total. The Kier molecular flexibility index (Phi) is 8.22. The first-order valence-corrected chi connectivity index (χ1v) is 11.5. The van der Waals surface area contributed by atoms with Crippen LogP contribution in [0.4, 0.5) is 5.69 Å². The number of primary amides is 1. The molecule has 5 nitrogen and oxygen atoms in total.